The summed E-state index contributed by atoms with van der Waals surface area (Å²) in [6.45, 7) is -0.0545. The highest BCUT2D eigenvalue weighted by Crippen LogP contribution is 2.56. The largest absolute Gasteiger partial charge is 0.790 e. The lowest BCUT2D eigenvalue weighted by Gasteiger charge is -2.36. The first-order chi connectivity index (χ1) is 27.5. The molecule has 3 aromatic rings. The van der Waals surface area contributed by atoms with Crippen molar-refractivity contribution in [2.75, 3.05) is 37.8 Å². The third kappa shape index (κ3) is 14.5. The summed E-state index contributed by atoms with van der Waals surface area (Å²) in [5.74, 6) is -1.29. The molecule has 7 N–H and O–H groups in total. The number of aromatic nitrogens is 4. The molecule has 1 saturated heterocycles. The third-order valence-corrected chi connectivity index (χ3v) is 11.9. The van der Waals surface area contributed by atoms with E-state index in [1.165, 1.54) is 32.1 Å². The van der Waals surface area contributed by atoms with E-state index in [1.807, 2.05) is 0 Å². The molecule has 0 aliphatic carbocycles. The van der Waals surface area contributed by atoms with Gasteiger partial charge in [0.15, 0.2) is 17.7 Å². The van der Waals surface area contributed by atoms with E-state index in [1.54, 1.807) is 18.2 Å². The number of phenols is 1. The van der Waals surface area contributed by atoms with Crippen molar-refractivity contribution in [3.8, 4) is 5.75 Å². The van der Waals surface area contributed by atoms with Gasteiger partial charge in [0.05, 0.1) is 27.4 Å². The van der Waals surface area contributed by atoms with Crippen molar-refractivity contribution in [3.63, 3.8) is 0 Å². The predicted molar refractivity (Wildman–Crippen MR) is 195 cm³/mol. The Morgan fingerprint density at radius 2 is 1.73 bits per heavy atom. The molecule has 0 spiro atoms. The Morgan fingerprint density at radius 3 is 2.41 bits per heavy atom. The molecule has 1 aliphatic rings. The maximum atomic E-state index is 12.6. The van der Waals surface area contributed by atoms with E-state index in [-0.39, 0.29) is 53.1 Å². The highest BCUT2D eigenvalue weighted by molar-refractivity contribution is 8.14. The third-order valence-electron chi connectivity index (χ3n) is 8.03. The molecule has 4 rings (SSSR count). The maximum Gasteiger partial charge on any atom is 0.274 e. The minimum atomic E-state index is -5.93. The first kappa shape index (κ1) is 48.0. The van der Waals surface area contributed by atoms with Crippen molar-refractivity contribution in [1.82, 2.24) is 30.2 Å². The molecule has 0 radical (unpaired) electrons. The van der Waals surface area contributed by atoms with Crippen LogP contribution in [0.2, 0.25) is 0 Å². The molecule has 2 unspecified atom stereocenters. The van der Waals surface area contributed by atoms with Crippen LogP contribution in [0.5, 0.6) is 5.75 Å². The SMILES string of the molecule is CC(C)(COP(=O)([O-])OP(=O)([O-])OC[C@H]1O[C@@H](n2cnc3c(N)ncnc32)[C@H](O)[C@@H]1OP(=O)([O-])[O-])[C@@H](O)C(=O)NCCC(=O)NCCSC(=O)/C=C/c1ccc(O)cc1. The van der Waals surface area contributed by atoms with Gasteiger partial charge in [-0.05, 0) is 23.8 Å². The first-order valence-corrected chi connectivity index (χ1v) is 22.3. The van der Waals surface area contributed by atoms with Crippen LogP contribution in [0.25, 0.3) is 17.2 Å². The molecule has 7 atom stereocenters. The number of aliphatic hydroxyl groups is 2. The molecule has 0 bridgehead atoms. The van der Waals surface area contributed by atoms with Crippen LogP contribution in [0.15, 0.2) is 43.0 Å². The molecule has 0 saturated carbocycles. The quantitative estimate of drug-likeness (QED) is 0.0367. The summed E-state index contributed by atoms with van der Waals surface area (Å²) < 4.78 is 60.5. The van der Waals surface area contributed by atoms with Crippen LogP contribution in [0.1, 0.15) is 32.1 Å². The van der Waals surface area contributed by atoms with E-state index in [0.717, 1.165) is 29.0 Å². The monoisotopic (exact) mass is 909 g/mol. The minimum Gasteiger partial charge on any atom is -0.790 e. The second kappa shape index (κ2) is 20.3. The van der Waals surface area contributed by atoms with Crippen LogP contribution in [-0.4, -0.2) is 108 Å². The number of phenolic OH excluding ortho intramolecular Hbond substituents is 1. The Hall–Kier alpha value is -3.68. The Morgan fingerprint density at radius 1 is 1.05 bits per heavy atom. The lowest BCUT2D eigenvalue weighted by Crippen LogP contribution is -2.46. The molecule has 2 aromatic heterocycles. The number of anilines is 1. The number of nitrogens with two attached hydrogens (primary N) is 1. The zero-order valence-corrected chi connectivity index (χ0v) is 34.3. The summed E-state index contributed by atoms with van der Waals surface area (Å²) in [5, 5.41) is 35.2. The smallest absolute Gasteiger partial charge is 0.274 e. The summed E-state index contributed by atoms with van der Waals surface area (Å²) in [6, 6.07) is 6.18. The summed E-state index contributed by atoms with van der Waals surface area (Å²) in [6.07, 6.45) is -4.79. The number of benzene rings is 1. The molecule has 2 amide bonds. The average Bonchev–Trinajstić information content (AvgIpc) is 3.71. The minimum absolute atomic E-state index is 0.0275. The predicted octanol–water partition coefficient (Wildman–Crippen LogP) is -2.44. The fourth-order valence-corrected chi connectivity index (χ4v) is 8.36. The van der Waals surface area contributed by atoms with E-state index < -0.39 is 84.6 Å². The Labute approximate surface area is 338 Å². The number of hydrogen-bond acceptors (Lipinski definition) is 23. The number of phosphoric acid groups is 3. The van der Waals surface area contributed by atoms with Gasteiger partial charge in [-0.3, -0.25) is 28.1 Å². The topological polar surface area (TPSA) is 395 Å². The highest BCUT2D eigenvalue weighted by Gasteiger charge is 2.47. The van der Waals surface area contributed by atoms with Crippen LogP contribution < -0.4 is 35.9 Å². The number of ether oxygens (including phenoxy) is 1. The fraction of sp³-hybridized carbons (Fsp3) is 0.467. The second-order valence-electron chi connectivity index (χ2n) is 13.1. The zero-order chi connectivity index (χ0) is 43.8. The molecule has 326 valence electrons. The molecule has 1 aromatic carbocycles. The summed E-state index contributed by atoms with van der Waals surface area (Å²) in [7, 11) is -17.6. The summed E-state index contributed by atoms with van der Waals surface area (Å²) in [5.41, 5.74) is 4.74. The number of thioether (sulfide) groups is 1. The van der Waals surface area contributed by atoms with Gasteiger partial charge in [0.1, 0.15) is 42.0 Å². The number of aliphatic hydroxyl groups excluding tert-OH is 2. The Kier molecular flexibility index (Phi) is 16.5. The lowest BCUT2D eigenvalue weighted by atomic mass is 9.87. The number of nitrogens with zero attached hydrogens (tertiary/aromatic N) is 4. The van der Waals surface area contributed by atoms with E-state index in [4.69, 9.17) is 10.5 Å². The first-order valence-electron chi connectivity index (χ1n) is 16.9. The number of rotatable bonds is 21. The lowest BCUT2D eigenvalue weighted by molar-refractivity contribution is -0.347. The van der Waals surface area contributed by atoms with Gasteiger partial charge in [0.25, 0.3) is 15.6 Å². The average molecular weight is 910 g/mol. The number of nitrogen functional groups attached to an aromatic ring is 1. The summed E-state index contributed by atoms with van der Waals surface area (Å²) in [4.78, 5) is 96.2. The molecule has 59 heavy (non-hydrogen) atoms. The molecule has 3 heterocycles. The number of hydrogen-bond donors (Lipinski definition) is 6. The van der Waals surface area contributed by atoms with Crippen LogP contribution in [-0.2, 0) is 50.7 Å². The maximum absolute atomic E-state index is 12.6. The standard InChI is InChI=1S/C30H42N7O18P3S/c1-30(2,25(42)28(43)33-10-9-20(39)32-11-12-59-21(40)8-5-17-3-6-18(38)7-4-17)14-52-58(49,50)55-57(47,48)51-13-19-24(54-56(44,45)46)23(41)29(53-19)37-16-36-22-26(31)34-15-35-27(22)37/h3-8,15-16,19,23-25,29,38,41-42H,9-14H2,1-2H3,(H,32,39)(H,33,43)(H,47,48)(H,49,50)(H2,31,34,35)(H2,44,45,46)/p-4/b8-5+/t19-,23-,24-,25+,29-/m1/s1. The molecule has 1 aliphatic heterocycles. The van der Waals surface area contributed by atoms with Gasteiger partial charge in [-0.2, -0.15) is 0 Å². The zero-order valence-electron chi connectivity index (χ0n) is 30.8. The number of amides is 2. The Bertz CT molecular complexity index is 2140. The Balaban J connectivity index is 1.20. The van der Waals surface area contributed by atoms with E-state index in [9.17, 15) is 63.0 Å². The van der Waals surface area contributed by atoms with Crippen molar-refractivity contribution < 1.29 is 85.6 Å². The van der Waals surface area contributed by atoms with Gasteiger partial charge in [0.2, 0.25) is 16.9 Å². The number of carbonyl (C=O) groups is 3. The number of fused-ring (bicyclic) bond motifs is 1. The molecule has 25 nitrogen and oxygen atoms in total. The number of nitrogens with one attached hydrogen (secondary N) is 2. The second-order valence-corrected chi connectivity index (χ2v) is 18.2. The normalized spacial score (nSPS) is 21.2. The molecular weight excluding hydrogens is 871 g/mol. The molecular formula is C30H38N7O18P3S-4. The van der Waals surface area contributed by atoms with Crippen LogP contribution in [0.3, 0.4) is 0 Å². The van der Waals surface area contributed by atoms with Crippen LogP contribution in [0.4, 0.5) is 5.82 Å². The molecule has 1 fully saturated rings. The van der Waals surface area contributed by atoms with E-state index in [2.05, 4.69) is 43.5 Å². The van der Waals surface area contributed by atoms with Crippen molar-refractivity contribution in [2.24, 2.45) is 5.41 Å². The van der Waals surface area contributed by atoms with Gasteiger partial charge in [0, 0.05) is 30.7 Å². The number of imidazole rings is 1. The number of carbonyl (C=O) groups excluding carboxylic acids is 3. The van der Waals surface area contributed by atoms with Crippen LogP contribution in [0, 0.1) is 5.41 Å². The van der Waals surface area contributed by atoms with Crippen molar-refractivity contribution in [2.45, 2.75) is 50.9 Å². The highest BCUT2D eigenvalue weighted by atomic mass is 32.2. The van der Waals surface area contributed by atoms with Gasteiger partial charge in [-0.25, -0.2) is 19.3 Å². The van der Waals surface area contributed by atoms with Crippen molar-refractivity contribution >= 4 is 75.2 Å². The van der Waals surface area contributed by atoms with Gasteiger partial charge in [-0.15, -0.1) is 0 Å². The van der Waals surface area contributed by atoms with Gasteiger partial charge >= 0.3 is 0 Å². The van der Waals surface area contributed by atoms with Gasteiger partial charge < -0.3 is 74.1 Å². The van der Waals surface area contributed by atoms with E-state index >= 15 is 0 Å². The summed E-state index contributed by atoms with van der Waals surface area (Å²) >= 11 is 0.945. The molecule has 29 heteroatoms. The van der Waals surface area contributed by atoms with Gasteiger partial charge in [-0.1, -0.05) is 43.8 Å². The van der Waals surface area contributed by atoms with Crippen molar-refractivity contribution in [1.29, 1.82) is 0 Å². The van der Waals surface area contributed by atoms with E-state index in [0.29, 0.717) is 5.56 Å². The van der Waals surface area contributed by atoms with Crippen LogP contribution >= 0.6 is 35.2 Å². The number of phosphoric ester groups is 3. The fourth-order valence-electron chi connectivity index (χ4n) is 5.06. The van der Waals surface area contributed by atoms with Crippen molar-refractivity contribution in [3.05, 3.63) is 48.6 Å². The number of aromatic hydroxyl groups is 1.